The second kappa shape index (κ2) is 5.18. The lowest BCUT2D eigenvalue weighted by Crippen LogP contribution is -2.44. The summed E-state index contributed by atoms with van der Waals surface area (Å²) in [6, 6.07) is -1.20. The average molecular weight is 204 g/mol. The lowest BCUT2D eigenvalue weighted by Gasteiger charge is -2.17. The van der Waals surface area contributed by atoms with Gasteiger partial charge in [0, 0.05) is 7.05 Å². The lowest BCUT2D eigenvalue weighted by atomic mass is 10.2. The van der Waals surface area contributed by atoms with E-state index in [1.807, 2.05) is 0 Å². The fourth-order valence-electron chi connectivity index (χ4n) is 0.839. The highest BCUT2D eigenvalue weighted by molar-refractivity contribution is 5.88. The van der Waals surface area contributed by atoms with E-state index >= 15 is 0 Å². The summed E-state index contributed by atoms with van der Waals surface area (Å²) in [5.41, 5.74) is 5.23. The molecule has 0 saturated carbocycles. The van der Waals surface area contributed by atoms with Crippen LogP contribution >= 0.6 is 0 Å². The van der Waals surface area contributed by atoms with E-state index in [2.05, 4.69) is 0 Å². The smallest absolute Gasteiger partial charge is 0.323 e. The molecular weight excluding hydrogens is 192 g/mol. The van der Waals surface area contributed by atoms with Crippen molar-refractivity contribution >= 4 is 17.8 Å². The maximum Gasteiger partial charge on any atom is 0.323 e. The molecule has 0 aromatic heterocycles. The van der Waals surface area contributed by atoms with E-state index in [1.54, 1.807) is 0 Å². The minimum atomic E-state index is -1.20. The molecule has 0 unspecified atom stereocenters. The van der Waals surface area contributed by atoms with Crippen LogP contribution in [0.3, 0.4) is 0 Å². The summed E-state index contributed by atoms with van der Waals surface area (Å²) in [5.74, 6) is -3.08. The van der Waals surface area contributed by atoms with Gasteiger partial charge in [0.1, 0.15) is 6.54 Å². The van der Waals surface area contributed by atoms with Gasteiger partial charge in [0.15, 0.2) is 0 Å². The van der Waals surface area contributed by atoms with Crippen molar-refractivity contribution in [1.29, 1.82) is 0 Å². The van der Waals surface area contributed by atoms with Crippen molar-refractivity contribution in [3.05, 3.63) is 0 Å². The Hall–Kier alpha value is -1.63. The van der Waals surface area contributed by atoms with Gasteiger partial charge in [-0.25, -0.2) is 0 Å². The average Bonchev–Trinajstić information content (AvgIpc) is 2.00. The minimum Gasteiger partial charge on any atom is -0.481 e. The second-order valence-corrected chi connectivity index (χ2v) is 2.79. The first kappa shape index (κ1) is 12.4. The van der Waals surface area contributed by atoms with Gasteiger partial charge in [-0.05, 0) is 0 Å². The number of hydrogen-bond donors (Lipinski definition) is 3. The third-order valence-electron chi connectivity index (χ3n) is 1.46. The summed E-state index contributed by atoms with van der Waals surface area (Å²) >= 11 is 0. The Morgan fingerprint density at radius 2 is 1.79 bits per heavy atom. The zero-order valence-corrected chi connectivity index (χ0v) is 7.64. The van der Waals surface area contributed by atoms with Gasteiger partial charge in [-0.1, -0.05) is 0 Å². The summed E-state index contributed by atoms with van der Waals surface area (Å²) in [5, 5.41) is 16.7. The van der Waals surface area contributed by atoms with Crippen LogP contribution in [0, 0.1) is 0 Å². The highest BCUT2D eigenvalue weighted by Gasteiger charge is 2.21. The summed E-state index contributed by atoms with van der Waals surface area (Å²) in [7, 11) is 1.25. The Kier molecular flexibility index (Phi) is 4.57. The van der Waals surface area contributed by atoms with Crippen molar-refractivity contribution in [2.75, 3.05) is 13.6 Å². The van der Waals surface area contributed by atoms with Crippen LogP contribution in [-0.4, -0.2) is 52.6 Å². The molecule has 0 aromatic rings. The van der Waals surface area contributed by atoms with Crippen LogP contribution in [0.15, 0.2) is 0 Å². The van der Waals surface area contributed by atoms with Crippen molar-refractivity contribution in [2.45, 2.75) is 12.5 Å². The number of aliphatic carboxylic acids is 2. The number of likely N-dealkylation sites (N-methyl/N-ethyl adjacent to an activating group) is 1. The standard InChI is InChI=1S/C7H12N2O5/c1-9(3-6(12)13)7(14)4(8)2-5(10)11/h4H,2-3,8H2,1H3,(H,10,11)(H,12,13)/t4-/m0/s1. The highest BCUT2D eigenvalue weighted by Crippen LogP contribution is 1.94. The number of carbonyl (C=O) groups excluding carboxylic acids is 1. The van der Waals surface area contributed by atoms with Crippen LogP contribution in [0.1, 0.15) is 6.42 Å². The van der Waals surface area contributed by atoms with Crippen LogP contribution in [0.2, 0.25) is 0 Å². The molecule has 0 spiro atoms. The largest absolute Gasteiger partial charge is 0.481 e. The Bertz CT molecular complexity index is 228. The first-order chi connectivity index (χ1) is 6.34. The second-order valence-electron chi connectivity index (χ2n) is 2.79. The van der Waals surface area contributed by atoms with Crippen LogP contribution in [0.25, 0.3) is 0 Å². The quantitative estimate of drug-likeness (QED) is 0.492. The Labute approximate surface area is 80.1 Å². The van der Waals surface area contributed by atoms with Crippen LogP contribution in [0.4, 0.5) is 0 Å². The molecule has 0 aliphatic rings. The number of hydrogen-bond acceptors (Lipinski definition) is 4. The molecule has 0 bridgehead atoms. The first-order valence-corrected chi connectivity index (χ1v) is 3.78. The maximum absolute atomic E-state index is 11.2. The third kappa shape index (κ3) is 4.41. The Balaban J connectivity index is 4.16. The summed E-state index contributed by atoms with van der Waals surface area (Å²) < 4.78 is 0. The van der Waals surface area contributed by atoms with Gasteiger partial charge in [-0.3, -0.25) is 14.4 Å². The molecule has 7 nitrogen and oxygen atoms in total. The molecule has 0 heterocycles. The molecule has 0 saturated heterocycles. The topological polar surface area (TPSA) is 121 Å². The number of carboxylic acids is 2. The summed E-state index contributed by atoms with van der Waals surface area (Å²) in [4.78, 5) is 32.5. The van der Waals surface area contributed by atoms with E-state index in [1.165, 1.54) is 7.05 Å². The molecule has 7 heteroatoms. The van der Waals surface area contributed by atoms with Gasteiger partial charge in [0.05, 0.1) is 12.5 Å². The van der Waals surface area contributed by atoms with Crippen LogP contribution < -0.4 is 5.73 Å². The van der Waals surface area contributed by atoms with Crippen molar-refractivity contribution < 1.29 is 24.6 Å². The molecule has 1 amide bonds. The van der Waals surface area contributed by atoms with E-state index in [4.69, 9.17) is 15.9 Å². The highest BCUT2D eigenvalue weighted by atomic mass is 16.4. The van der Waals surface area contributed by atoms with Gasteiger partial charge in [-0.15, -0.1) is 0 Å². The predicted molar refractivity (Wildman–Crippen MR) is 45.5 cm³/mol. The maximum atomic E-state index is 11.2. The zero-order chi connectivity index (χ0) is 11.3. The van der Waals surface area contributed by atoms with Crippen LogP contribution in [-0.2, 0) is 14.4 Å². The van der Waals surface area contributed by atoms with Gasteiger partial charge >= 0.3 is 11.9 Å². The van der Waals surface area contributed by atoms with E-state index in [9.17, 15) is 14.4 Å². The minimum absolute atomic E-state index is 0.494. The predicted octanol–water partition coefficient (Wildman–Crippen LogP) is -1.67. The number of nitrogens with zero attached hydrogens (tertiary/aromatic N) is 1. The lowest BCUT2D eigenvalue weighted by molar-refractivity contribution is -0.145. The van der Waals surface area contributed by atoms with E-state index < -0.39 is 36.9 Å². The summed E-state index contributed by atoms with van der Waals surface area (Å²) in [6.45, 7) is -0.494. The number of rotatable bonds is 5. The van der Waals surface area contributed by atoms with Gasteiger partial charge in [-0.2, -0.15) is 0 Å². The van der Waals surface area contributed by atoms with Crippen LogP contribution in [0.5, 0.6) is 0 Å². The molecule has 0 radical (unpaired) electrons. The fraction of sp³-hybridized carbons (Fsp3) is 0.571. The summed E-state index contributed by atoms with van der Waals surface area (Å²) in [6.07, 6.45) is -0.511. The SMILES string of the molecule is CN(CC(=O)O)C(=O)[C@@H](N)CC(=O)O. The molecule has 0 rings (SSSR count). The molecule has 0 aliphatic carbocycles. The molecule has 80 valence electrons. The molecular formula is C7H12N2O5. The van der Waals surface area contributed by atoms with Crippen molar-refractivity contribution in [2.24, 2.45) is 5.73 Å². The third-order valence-corrected chi connectivity index (χ3v) is 1.46. The fourth-order valence-corrected chi connectivity index (χ4v) is 0.839. The molecule has 0 aliphatic heterocycles. The van der Waals surface area contributed by atoms with Gasteiger partial charge in [0.25, 0.3) is 0 Å². The molecule has 1 atom stereocenters. The van der Waals surface area contributed by atoms with Gasteiger partial charge < -0.3 is 20.8 Å². The van der Waals surface area contributed by atoms with Crippen molar-refractivity contribution in [3.8, 4) is 0 Å². The molecule has 14 heavy (non-hydrogen) atoms. The Morgan fingerprint density at radius 3 is 2.14 bits per heavy atom. The molecule has 0 fully saturated rings. The molecule has 4 N–H and O–H groups in total. The number of carbonyl (C=O) groups is 3. The zero-order valence-electron chi connectivity index (χ0n) is 7.64. The first-order valence-electron chi connectivity index (χ1n) is 3.78. The van der Waals surface area contributed by atoms with Crippen molar-refractivity contribution in [1.82, 2.24) is 4.90 Å². The monoisotopic (exact) mass is 204 g/mol. The van der Waals surface area contributed by atoms with Gasteiger partial charge in [0.2, 0.25) is 5.91 Å². The van der Waals surface area contributed by atoms with E-state index in [0.717, 1.165) is 4.90 Å². The normalized spacial score (nSPS) is 11.9. The number of nitrogens with two attached hydrogens (primary N) is 1. The van der Waals surface area contributed by atoms with Crippen molar-refractivity contribution in [3.63, 3.8) is 0 Å². The van der Waals surface area contributed by atoms with E-state index in [0.29, 0.717) is 0 Å². The van der Waals surface area contributed by atoms with E-state index in [-0.39, 0.29) is 0 Å². The Morgan fingerprint density at radius 1 is 1.29 bits per heavy atom. The number of carboxylic acid groups (broad SMARTS) is 2. The number of amides is 1. The molecule has 0 aromatic carbocycles.